The average Bonchev–Trinajstić information content (AvgIpc) is 2.83. The summed E-state index contributed by atoms with van der Waals surface area (Å²) in [4.78, 5) is 15.8. The first-order valence-corrected chi connectivity index (χ1v) is 7.85. The number of anilines is 1. The summed E-state index contributed by atoms with van der Waals surface area (Å²) >= 11 is 1.69. The lowest BCUT2D eigenvalue weighted by Gasteiger charge is -2.30. The van der Waals surface area contributed by atoms with E-state index in [9.17, 15) is 4.79 Å². The van der Waals surface area contributed by atoms with Crippen molar-refractivity contribution in [1.82, 2.24) is 4.90 Å². The second-order valence-corrected chi connectivity index (χ2v) is 6.94. The molecule has 112 valence electrons. The first kappa shape index (κ1) is 15.6. The summed E-state index contributed by atoms with van der Waals surface area (Å²) < 4.78 is 0. The molecule has 21 heavy (non-hydrogen) atoms. The summed E-state index contributed by atoms with van der Waals surface area (Å²) in [5.74, 6) is 0.111. The zero-order chi connectivity index (χ0) is 15.6. The van der Waals surface area contributed by atoms with E-state index in [0.717, 1.165) is 5.56 Å². The van der Waals surface area contributed by atoms with E-state index in [4.69, 9.17) is 5.73 Å². The van der Waals surface area contributed by atoms with Crippen LogP contribution in [-0.2, 0) is 16.8 Å². The van der Waals surface area contributed by atoms with Gasteiger partial charge in [-0.25, -0.2) is 0 Å². The van der Waals surface area contributed by atoms with Crippen LogP contribution in [0.2, 0.25) is 0 Å². The van der Waals surface area contributed by atoms with Gasteiger partial charge in [0.2, 0.25) is 5.91 Å². The number of nitrogens with zero attached hydrogens (tertiary/aromatic N) is 1. The van der Waals surface area contributed by atoms with Crippen LogP contribution in [0.5, 0.6) is 0 Å². The van der Waals surface area contributed by atoms with Crippen molar-refractivity contribution in [2.75, 3.05) is 12.8 Å². The molecule has 0 unspecified atom stereocenters. The predicted molar refractivity (Wildman–Crippen MR) is 89.4 cm³/mol. The maximum atomic E-state index is 12.8. The molecule has 0 aliphatic rings. The van der Waals surface area contributed by atoms with Crippen LogP contribution in [0.3, 0.4) is 0 Å². The molecule has 1 aromatic heterocycles. The molecule has 4 heteroatoms. The van der Waals surface area contributed by atoms with Crippen LogP contribution in [0.15, 0.2) is 35.7 Å². The first-order chi connectivity index (χ1) is 9.82. The van der Waals surface area contributed by atoms with Gasteiger partial charge in [0.25, 0.3) is 0 Å². The van der Waals surface area contributed by atoms with Crippen molar-refractivity contribution >= 4 is 22.9 Å². The van der Waals surface area contributed by atoms with Gasteiger partial charge >= 0.3 is 0 Å². The number of rotatable bonds is 4. The van der Waals surface area contributed by atoms with Crippen molar-refractivity contribution in [3.05, 3.63) is 51.7 Å². The molecule has 0 aliphatic carbocycles. The lowest BCUT2D eigenvalue weighted by molar-refractivity contribution is -0.135. The molecule has 0 aliphatic heterocycles. The zero-order valence-corrected chi connectivity index (χ0v) is 13.8. The van der Waals surface area contributed by atoms with Gasteiger partial charge in [-0.2, -0.15) is 0 Å². The van der Waals surface area contributed by atoms with E-state index in [1.165, 1.54) is 10.4 Å². The largest absolute Gasteiger partial charge is 0.399 e. The molecule has 0 atom stereocenters. The van der Waals surface area contributed by atoms with E-state index in [0.29, 0.717) is 12.2 Å². The molecular weight excluding hydrogens is 280 g/mol. The van der Waals surface area contributed by atoms with Crippen LogP contribution in [0.4, 0.5) is 5.69 Å². The van der Waals surface area contributed by atoms with Gasteiger partial charge < -0.3 is 10.6 Å². The summed E-state index contributed by atoms with van der Waals surface area (Å²) in [6, 6.07) is 9.62. The summed E-state index contributed by atoms with van der Waals surface area (Å²) in [6.45, 7) is 6.65. The van der Waals surface area contributed by atoms with Crippen LogP contribution in [0, 0.1) is 6.92 Å². The third-order valence-corrected chi connectivity index (χ3v) is 4.87. The highest BCUT2D eigenvalue weighted by atomic mass is 32.1. The Hall–Kier alpha value is -1.81. The van der Waals surface area contributed by atoms with Gasteiger partial charge in [0.05, 0.1) is 12.0 Å². The fourth-order valence-electron chi connectivity index (χ4n) is 2.35. The smallest absolute Gasteiger partial charge is 0.232 e. The lowest BCUT2D eigenvalue weighted by Crippen LogP contribution is -2.40. The van der Waals surface area contributed by atoms with Gasteiger partial charge in [0.1, 0.15) is 0 Å². The van der Waals surface area contributed by atoms with E-state index >= 15 is 0 Å². The number of aryl methyl sites for hydroxylation is 1. The van der Waals surface area contributed by atoms with E-state index in [2.05, 4.69) is 18.4 Å². The highest BCUT2D eigenvalue weighted by molar-refractivity contribution is 7.10. The number of benzene rings is 1. The summed E-state index contributed by atoms with van der Waals surface area (Å²) in [5, 5.41) is 2.06. The van der Waals surface area contributed by atoms with Gasteiger partial charge in [0.15, 0.2) is 0 Å². The Morgan fingerprint density at radius 3 is 2.38 bits per heavy atom. The number of hydrogen-bond acceptors (Lipinski definition) is 3. The van der Waals surface area contributed by atoms with E-state index < -0.39 is 5.41 Å². The van der Waals surface area contributed by atoms with Crippen molar-refractivity contribution in [1.29, 1.82) is 0 Å². The highest BCUT2D eigenvalue weighted by Crippen LogP contribution is 2.27. The molecule has 1 heterocycles. The van der Waals surface area contributed by atoms with Crippen LogP contribution in [0.25, 0.3) is 0 Å². The van der Waals surface area contributed by atoms with E-state index in [1.54, 1.807) is 16.2 Å². The molecule has 1 amide bonds. The SMILES string of the molecule is Cc1ccsc1CN(C)C(=O)C(C)(C)c1ccc(N)cc1. The topological polar surface area (TPSA) is 46.3 Å². The molecule has 2 N–H and O–H groups in total. The van der Waals surface area contributed by atoms with Crippen molar-refractivity contribution in [2.45, 2.75) is 32.7 Å². The number of carbonyl (C=O) groups is 1. The molecule has 0 spiro atoms. The normalized spacial score (nSPS) is 11.4. The number of amides is 1. The molecule has 2 rings (SSSR count). The van der Waals surface area contributed by atoms with E-state index in [-0.39, 0.29) is 5.91 Å². The molecule has 1 aromatic carbocycles. The highest BCUT2D eigenvalue weighted by Gasteiger charge is 2.32. The predicted octanol–water partition coefficient (Wildman–Crippen LogP) is 3.57. The number of hydrogen-bond donors (Lipinski definition) is 1. The third kappa shape index (κ3) is 3.27. The molecule has 0 fully saturated rings. The summed E-state index contributed by atoms with van der Waals surface area (Å²) in [6.07, 6.45) is 0. The van der Waals surface area contributed by atoms with Gasteiger partial charge in [-0.15, -0.1) is 11.3 Å². The Bertz CT molecular complexity index is 628. The van der Waals surface area contributed by atoms with Gasteiger partial charge in [-0.1, -0.05) is 12.1 Å². The number of thiophene rings is 1. The Morgan fingerprint density at radius 2 is 1.86 bits per heavy atom. The molecular formula is C17H22N2OS. The van der Waals surface area contributed by atoms with Crippen molar-refractivity contribution < 1.29 is 4.79 Å². The summed E-state index contributed by atoms with van der Waals surface area (Å²) in [5.41, 5.74) is 8.09. The maximum absolute atomic E-state index is 12.8. The van der Waals surface area contributed by atoms with Gasteiger partial charge in [0, 0.05) is 17.6 Å². The number of nitrogen functional groups attached to an aromatic ring is 1. The minimum Gasteiger partial charge on any atom is -0.399 e. The number of nitrogens with two attached hydrogens (primary N) is 1. The quantitative estimate of drug-likeness (QED) is 0.878. The summed E-state index contributed by atoms with van der Waals surface area (Å²) in [7, 11) is 1.86. The number of carbonyl (C=O) groups excluding carboxylic acids is 1. The minimum absolute atomic E-state index is 0.111. The Labute approximate surface area is 130 Å². The first-order valence-electron chi connectivity index (χ1n) is 6.97. The third-order valence-electron chi connectivity index (χ3n) is 3.86. The molecule has 0 radical (unpaired) electrons. The van der Waals surface area contributed by atoms with Crippen LogP contribution in [-0.4, -0.2) is 17.9 Å². The molecule has 0 saturated carbocycles. The lowest BCUT2D eigenvalue weighted by atomic mass is 9.83. The van der Waals surface area contributed by atoms with Crippen LogP contribution in [0.1, 0.15) is 29.9 Å². The Morgan fingerprint density at radius 1 is 1.24 bits per heavy atom. The monoisotopic (exact) mass is 302 g/mol. The fraction of sp³-hybridized carbons (Fsp3) is 0.353. The van der Waals surface area contributed by atoms with Crippen LogP contribution >= 0.6 is 11.3 Å². The zero-order valence-electron chi connectivity index (χ0n) is 13.0. The maximum Gasteiger partial charge on any atom is 0.232 e. The standard InChI is InChI=1S/C17H22N2OS/c1-12-9-10-21-15(12)11-19(4)16(20)17(2,3)13-5-7-14(18)8-6-13/h5-10H,11,18H2,1-4H3. The van der Waals surface area contributed by atoms with Crippen molar-refractivity contribution in [3.8, 4) is 0 Å². The van der Waals surface area contributed by atoms with Gasteiger partial charge in [-0.05, 0) is 55.5 Å². The molecule has 0 bridgehead atoms. The fourth-order valence-corrected chi connectivity index (χ4v) is 3.31. The molecule has 3 nitrogen and oxygen atoms in total. The Kier molecular flexibility index (Phi) is 4.37. The average molecular weight is 302 g/mol. The Balaban J connectivity index is 2.17. The number of likely N-dealkylation sites (N-methyl/N-ethyl adjacent to an activating group) is 1. The van der Waals surface area contributed by atoms with Crippen molar-refractivity contribution in [3.63, 3.8) is 0 Å². The molecule has 2 aromatic rings. The van der Waals surface area contributed by atoms with Crippen LogP contribution < -0.4 is 5.73 Å². The molecule has 0 saturated heterocycles. The second-order valence-electron chi connectivity index (χ2n) is 5.94. The van der Waals surface area contributed by atoms with Gasteiger partial charge in [-0.3, -0.25) is 4.79 Å². The minimum atomic E-state index is -0.562. The van der Waals surface area contributed by atoms with Crippen molar-refractivity contribution in [2.24, 2.45) is 0 Å². The second kappa shape index (κ2) is 5.90. The van der Waals surface area contributed by atoms with E-state index in [1.807, 2.05) is 45.2 Å².